The standard InChI is InChI=1S/C15H14ClN3S/c16-13-5-1-2-6-14(13)18-15-19(8-9-20-15)11-12-4-3-7-17-10-12/h1-7,10H,8-9,11H2. The normalized spacial score (nSPS) is 16.9. The van der Waals surface area contributed by atoms with E-state index in [1.807, 2.05) is 36.5 Å². The largest absolute Gasteiger partial charge is 0.346 e. The molecule has 1 aromatic carbocycles. The molecule has 0 atom stereocenters. The number of thioether (sulfide) groups is 1. The van der Waals surface area contributed by atoms with Crippen molar-refractivity contribution in [3.05, 3.63) is 59.4 Å². The van der Waals surface area contributed by atoms with Crippen LogP contribution >= 0.6 is 23.4 Å². The number of aliphatic imine (C=N–C) groups is 1. The quantitative estimate of drug-likeness (QED) is 0.859. The molecule has 1 saturated heterocycles. The van der Waals surface area contributed by atoms with Crippen LogP contribution in [0.1, 0.15) is 5.56 Å². The molecule has 1 aliphatic rings. The van der Waals surface area contributed by atoms with E-state index in [-0.39, 0.29) is 0 Å². The number of para-hydroxylation sites is 1. The van der Waals surface area contributed by atoms with Gasteiger partial charge in [0.25, 0.3) is 0 Å². The molecule has 0 N–H and O–H groups in total. The van der Waals surface area contributed by atoms with Crippen molar-refractivity contribution in [2.45, 2.75) is 6.54 Å². The molecule has 2 heterocycles. The van der Waals surface area contributed by atoms with Gasteiger partial charge in [0.05, 0.1) is 10.7 Å². The minimum atomic E-state index is 0.689. The molecule has 0 radical (unpaired) electrons. The highest BCUT2D eigenvalue weighted by Crippen LogP contribution is 2.28. The summed E-state index contributed by atoms with van der Waals surface area (Å²) in [6.45, 7) is 1.84. The molecular weight excluding hydrogens is 290 g/mol. The minimum absolute atomic E-state index is 0.689. The summed E-state index contributed by atoms with van der Waals surface area (Å²) in [6, 6.07) is 11.7. The predicted octanol–water partition coefficient (Wildman–Crippen LogP) is 3.97. The Balaban J connectivity index is 1.81. The van der Waals surface area contributed by atoms with E-state index < -0.39 is 0 Å². The maximum atomic E-state index is 6.17. The molecule has 1 fully saturated rings. The van der Waals surface area contributed by atoms with E-state index >= 15 is 0 Å². The van der Waals surface area contributed by atoms with Crippen molar-refractivity contribution in [2.75, 3.05) is 12.3 Å². The van der Waals surface area contributed by atoms with Gasteiger partial charge in [-0.25, -0.2) is 4.99 Å². The van der Waals surface area contributed by atoms with Gasteiger partial charge in [-0.15, -0.1) is 0 Å². The third-order valence-corrected chi connectivity index (χ3v) is 4.34. The van der Waals surface area contributed by atoms with Gasteiger partial charge >= 0.3 is 0 Å². The van der Waals surface area contributed by atoms with Crippen LogP contribution in [0.2, 0.25) is 5.02 Å². The van der Waals surface area contributed by atoms with Crippen LogP contribution in [0.15, 0.2) is 53.8 Å². The molecule has 0 amide bonds. The molecule has 1 aliphatic heterocycles. The molecular formula is C15H14ClN3S. The topological polar surface area (TPSA) is 28.5 Å². The average molecular weight is 304 g/mol. The van der Waals surface area contributed by atoms with Crippen molar-refractivity contribution >= 4 is 34.2 Å². The van der Waals surface area contributed by atoms with Gasteiger partial charge in [0.15, 0.2) is 5.17 Å². The van der Waals surface area contributed by atoms with E-state index in [1.165, 1.54) is 5.56 Å². The zero-order valence-electron chi connectivity index (χ0n) is 10.9. The third kappa shape index (κ3) is 3.14. The zero-order chi connectivity index (χ0) is 13.8. The third-order valence-electron chi connectivity index (χ3n) is 3.03. The SMILES string of the molecule is Clc1ccccc1N=C1SCCN1Cc1cccnc1. The van der Waals surface area contributed by atoms with Gasteiger partial charge in [-0.05, 0) is 23.8 Å². The maximum absolute atomic E-state index is 6.17. The van der Waals surface area contributed by atoms with Crippen LogP contribution in [0.4, 0.5) is 5.69 Å². The number of pyridine rings is 1. The summed E-state index contributed by atoms with van der Waals surface area (Å²) in [5.41, 5.74) is 2.02. The summed E-state index contributed by atoms with van der Waals surface area (Å²) < 4.78 is 0. The second-order valence-electron chi connectivity index (χ2n) is 4.48. The van der Waals surface area contributed by atoms with E-state index in [0.717, 1.165) is 29.7 Å². The predicted molar refractivity (Wildman–Crippen MR) is 85.7 cm³/mol. The van der Waals surface area contributed by atoms with Crippen LogP contribution in [0.5, 0.6) is 0 Å². The number of rotatable bonds is 3. The van der Waals surface area contributed by atoms with Crippen molar-refractivity contribution < 1.29 is 0 Å². The lowest BCUT2D eigenvalue weighted by atomic mass is 10.3. The average Bonchev–Trinajstić information content (AvgIpc) is 2.90. The van der Waals surface area contributed by atoms with Gasteiger partial charge in [-0.2, -0.15) is 0 Å². The summed E-state index contributed by atoms with van der Waals surface area (Å²) in [6.07, 6.45) is 3.69. The fraction of sp³-hybridized carbons (Fsp3) is 0.200. The fourth-order valence-electron chi connectivity index (χ4n) is 2.04. The fourth-order valence-corrected chi connectivity index (χ4v) is 3.21. The van der Waals surface area contributed by atoms with Crippen LogP contribution in [0.25, 0.3) is 0 Å². The lowest BCUT2D eigenvalue weighted by Crippen LogP contribution is -2.23. The molecule has 2 aromatic rings. The molecule has 20 heavy (non-hydrogen) atoms. The van der Waals surface area contributed by atoms with E-state index in [9.17, 15) is 0 Å². The van der Waals surface area contributed by atoms with E-state index in [1.54, 1.807) is 18.0 Å². The molecule has 0 saturated carbocycles. The Labute approximate surface area is 127 Å². The number of nitrogens with zero attached hydrogens (tertiary/aromatic N) is 3. The summed E-state index contributed by atoms with van der Waals surface area (Å²) in [7, 11) is 0. The molecule has 1 aromatic heterocycles. The van der Waals surface area contributed by atoms with Crippen molar-refractivity contribution in [1.82, 2.24) is 9.88 Å². The minimum Gasteiger partial charge on any atom is -0.346 e. The van der Waals surface area contributed by atoms with Gasteiger partial charge in [-0.3, -0.25) is 4.98 Å². The number of benzene rings is 1. The molecule has 0 aliphatic carbocycles. The molecule has 0 bridgehead atoms. The molecule has 5 heteroatoms. The van der Waals surface area contributed by atoms with Crippen molar-refractivity contribution in [3.8, 4) is 0 Å². The first-order valence-electron chi connectivity index (χ1n) is 6.43. The van der Waals surface area contributed by atoms with Gasteiger partial charge in [0, 0.05) is 31.2 Å². The second-order valence-corrected chi connectivity index (χ2v) is 5.95. The number of hydrogen-bond acceptors (Lipinski definition) is 3. The Hall–Kier alpha value is -1.52. The van der Waals surface area contributed by atoms with Gasteiger partial charge in [0.1, 0.15) is 0 Å². The van der Waals surface area contributed by atoms with Gasteiger partial charge in [0.2, 0.25) is 0 Å². The number of aromatic nitrogens is 1. The van der Waals surface area contributed by atoms with Crippen molar-refractivity contribution in [3.63, 3.8) is 0 Å². The first-order valence-corrected chi connectivity index (χ1v) is 7.79. The van der Waals surface area contributed by atoms with Gasteiger partial charge in [-0.1, -0.05) is 41.6 Å². The zero-order valence-corrected chi connectivity index (χ0v) is 12.4. The Kier molecular flexibility index (Phi) is 4.23. The summed E-state index contributed by atoms with van der Waals surface area (Å²) in [5, 5.41) is 1.72. The van der Waals surface area contributed by atoms with Crippen LogP contribution in [0, 0.1) is 0 Å². The Bertz CT molecular complexity index is 616. The highest BCUT2D eigenvalue weighted by molar-refractivity contribution is 8.14. The van der Waals surface area contributed by atoms with Gasteiger partial charge < -0.3 is 4.90 Å². The Morgan fingerprint density at radius 3 is 2.95 bits per heavy atom. The first-order chi connectivity index (χ1) is 9.83. The summed E-state index contributed by atoms with van der Waals surface area (Å²) >= 11 is 7.94. The first kappa shape index (κ1) is 13.5. The molecule has 0 unspecified atom stereocenters. The van der Waals surface area contributed by atoms with Crippen LogP contribution in [0.3, 0.4) is 0 Å². The molecule has 0 spiro atoms. The Morgan fingerprint density at radius 1 is 1.25 bits per heavy atom. The maximum Gasteiger partial charge on any atom is 0.164 e. The van der Waals surface area contributed by atoms with Crippen LogP contribution < -0.4 is 0 Å². The Morgan fingerprint density at radius 2 is 2.15 bits per heavy atom. The lowest BCUT2D eigenvalue weighted by molar-refractivity contribution is 0.456. The van der Waals surface area contributed by atoms with E-state index in [0.29, 0.717) is 5.02 Å². The van der Waals surface area contributed by atoms with Crippen LogP contribution in [-0.2, 0) is 6.54 Å². The van der Waals surface area contributed by atoms with Crippen LogP contribution in [-0.4, -0.2) is 27.3 Å². The lowest BCUT2D eigenvalue weighted by Gasteiger charge is -2.17. The van der Waals surface area contributed by atoms with E-state index in [4.69, 9.17) is 11.6 Å². The molecule has 3 nitrogen and oxygen atoms in total. The second kappa shape index (κ2) is 6.29. The highest BCUT2D eigenvalue weighted by atomic mass is 35.5. The van der Waals surface area contributed by atoms with E-state index in [2.05, 4.69) is 20.9 Å². The summed E-state index contributed by atoms with van der Waals surface area (Å²) in [5.74, 6) is 1.06. The monoisotopic (exact) mass is 303 g/mol. The number of halogens is 1. The number of amidine groups is 1. The van der Waals surface area contributed by atoms with Crippen molar-refractivity contribution in [2.24, 2.45) is 4.99 Å². The number of hydrogen-bond donors (Lipinski definition) is 0. The summed E-state index contributed by atoms with van der Waals surface area (Å²) in [4.78, 5) is 11.1. The molecule has 102 valence electrons. The highest BCUT2D eigenvalue weighted by Gasteiger charge is 2.20. The van der Waals surface area contributed by atoms with Crippen molar-refractivity contribution in [1.29, 1.82) is 0 Å². The smallest absolute Gasteiger partial charge is 0.164 e. The molecule has 3 rings (SSSR count).